The minimum absolute atomic E-state index is 0.661. The van der Waals surface area contributed by atoms with E-state index < -0.39 is 5.41 Å². The van der Waals surface area contributed by atoms with Gasteiger partial charge in [0, 0.05) is 43.4 Å². The number of fused-ring (bicyclic) bond motifs is 8. The van der Waals surface area contributed by atoms with Gasteiger partial charge in [-0.05, 0) is 87.0 Å². The summed E-state index contributed by atoms with van der Waals surface area (Å²) in [5.74, 6) is 0. The topological polar surface area (TPSA) is 39.4 Å². The smallest absolute Gasteiger partial charge is 0.143 e. The molecular formula is C55H32O3. The van der Waals surface area contributed by atoms with E-state index in [0.29, 0.717) is 0 Å². The molecule has 0 N–H and O–H groups in total. The number of rotatable bonds is 4. The molecule has 270 valence electrons. The van der Waals surface area contributed by atoms with Crippen molar-refractivity contribution in [2.75, 3.05) is 0 Å². The molecule has 0 spiro atoms. The Hall–Kier alpha value is -7.62. The predicted molar refractivity (Wildman–Crippen MR) is 236 cm³/mol. The van der Waals surface area contributed by atoms with E-state index in [1.807, 2.05) is 24.3 Å². The minimum Gasteiger partial charge on any atom is -0.456 e. The number of hydrogen-bond acceptors (Lipinski definition) is 3. The molecule has 3 heterocycles. The first-order chi connectivity index (χ1) is 28.8. The lowest BCUT2D eigenvalue weighted by molar-refractivity contribution is 0.667. The predicted octanol–water partition coefficient (Wildman–Crippen LogP) is 15.1. The molecule has 0 aliphatic heterocycles. The summed E-state index contributed by atoms with van der Waals surface area (Å²) in [5.41, 5.74) is 16.0. The van der Waals surface area contributed by atoms with E-state index in [-0.39, 0.29) is 0 Å². The molecule has 0 saturated heterocycles. The van der Waals surface area contributed by atoms with Crippen molar-refractivity contribution in [2.24, 2.45) is 0 Å². The van der Waals surface area contributed by atoms with Crippen LogP contribution in [0.3, 0.4) is 0 Å². The summed E-state index contributed by atoms with van der Waals surface area (Å²) in [6, 6.07) is 69.8. The number of hydrogen-bond donors (Lipinski definition) is 0. The second-order valence-electron chi connectivity index (χ2n) is 15.5. The van der Waals surface area contributed by atoms with Crippen LogP contribution in [0.2, 0.25) is 0 Å². The van der Waals surface area contributed by atoms with E-state index in [9.17, 15) is 0 Å². The first kappa shape index (κ1) is 31.6. The highest BCUT2D eigenvalue weighted by Crippen LogP contribution is 2.57. The lowest BCUT2D eigenvalue weighted by atomic mass is 9.63. The van der Waals surface area contributed by atoms with Gasteiger partial charge in [0.05, 0.1) is 5.41 Å². The Bertz CT molecular complexity index is 3580. The third-order valence-corrected chi connectivity index (χ3v) is 12.6. The van der Waals surface area contributed by atoms with Gasteiger partial charge in [-0.1, -0.05) is 152 Å². The van der Waals surface area contributed by atoms with Crippen molar-refractivity contribution in [2.45, 2.75) is 5.41 Å². The molecule has 1 aliphatic carbocycles. The van der Waals surface area contributed by atoms with Crippen LogP contribution in [0.4, 0.5) is 0 Å². The fourth-order valence-corrected chi connectivity index (χ4v) is 10.1. The van der Waals surface area contributed by atoms with E-state index in [1.54, 1.807) is 0 Å². The van der Waals surface area contributed by atoms with Crippen molar-refractivity contribution in [3.8, 4) is 33.4 Å². The average Bonchev–Trinajstić information content (AvgIpc) is 3.97. The van der Waals surface area contributed by atoms with Crippen molar-refractivity contribution >= 4 is 65.8 Å². The Morgan fingerprint density at radius 2 is 0.776 bits per heavy atom. The molecule has 0 saturated carbocycles. The molecule has 3 aromatic heterocycles. The van der Waals surface area contributed by atoms with Gasteiger partial charge in [-0.3, -0.25) is 0 Å². The zero-order valence-electron chi connectivity index (χ0n) is 31.2. The summed E-state index contributed by atoms with van der Waals surface area (Å²) in [6.07, 6.45) is 0. The highest BCUT2D eigenvalue weighted by molar-refractivity contribution is 6.22. The van der Waals surface area contributed by atoms with Crippen molar-refractivity contribution in [1.82, 2.24) is 0 Å². The standard InChI is InChI=1S/C55H32O3/c1-3-13-35(14-4-1)55(36-15-5-2-6-16-36)45-20-10-7-17-39(45)42-26-25-37(33-23-29-49-43(31-33)40-18-8-11-21-47(40)56-49)53-51(42)52-46(55)28-27-38(54(52)58-53)34-24-30-50-44(32-34)41-19-9-12-22-48(41)57-50/h1-32H. The quantitative estimate of drug-likeness (QED) is 0.180. The summed E-state index contributed by atoms with van der Waals surface area (Å²) in [4.78, 5) is 0. The molecule has 3 nitrogen and oxygen atoms in total. The number of furan rings is 3. The summed E-state index contributed by atoms with van der Waals surface area (Å²) in [6.45, 7) is 0. The molecule has 1 aliphatic rings. The molecule has 13 rings (SSSR count). The zero-order chi connectivity index (χ0) is 38.0. The molecule has 0 radical (unpaired) electrons. The van der Waals surface area contributed by atoms with Crippen LogP contribution in [0.5, 0.6) is 0 Å². The molecule has 3 heteroatoms. The highest BCUT2D eigenvalue weighted by Gasteiger charge is 2.44. The van der Waals surface area contributed by atoms with Gasteiger partial charge in [0.25, 0.3) is 0 Å². The molecule has 9 aromatic carbocycles. The Balaban J connectivity index is 1.20. The fraction of sp³-hybridized carbons (Fsp3) is 0.0182. The number of para-hydroxylation sites is 2. The molecule has 0 amide bonds. The second-order valence-corrected chi connectivity index (χ2v) is 15.5. The second kappa shape index (κ2) is 11.7. The maximum atomic E-state index is 7.48. The monoisotopic (exact) mass is 740 g/mol. The third-order valence-electron chi connectivity index (χ3n) is 12.6. The van der Waals surface area contributed by atoms with Gasteiger partial charge in [-0.25, -0.2) is 0 Å². The van der Waals surface area contributed by atoms with Gasteiger partial charge < -0.3 is 13.3 Å². The van der Waals surface area contributed by atoms with Crippen molar-refractivity contribution in [3.63, 3.8) is 0 Å². The van der Waals surface area contributed by atoms with Gasteiger partial charge in [0.1, 0.15) is 33.5 Å². The van der Waals surface area contributed by atoms with E-state index in [2.05, 4.69) is 170 Å². The number of benzene rings is 9. The third kappa shape index (κ3) is 4.17. The minimum atomic E-state index is -0.661. The summed E-state index contributed by atoms with van der Waals surface area (Å²) >= 11 is 0. The van der Waals surface area contributed by atoms with Crippen LogP contribution in [0, 0.1) is 0 Å². The molecule has 0 fully saturated rings. The molecule has 0 bridgehead atoms. The summed E-state index contributed by atoms with van der Waals surface area (Å²) in [7, 11) is 0. The highest BCUT2D eigenvalue weighted by atomic mass is 16.3. The van der Waals surface area contributed by atoms with Gasteiger partial charge >= 0.3 is 0 Å². The van der Waals surface area contributed by atoms with E-state index >= 15 is 0 Å². The normalized spacial score (nSPS) is 13.3. The largest absolute Gasteiger partial charge is 0.456 e. The van der Waals surface area contributed by atoms with Crippen LogP contribution in [-0.2, 0) is 5.41 Å². The average molecular weight is 741 g/mol. The Kier molecular flexibility index (Phi) is 6.37. The van der Waals surface area contributed by atoms with Gasteiger partial charge in [0.2, 0.25) is 0 Å². The van der Waals surface area contributed by atoms with Gasteiger partial charge in [-0.15, -0.1) is 0 Å². The van der Waals surface area contributed by atoms with Crippen LogP contribution in [0.25, 0.3) is 99.2 Å². The van der Waals surface area contributed by atoms with Crippen LogP contribution in [0.15, 0.2) is 207 Å². The molecule has 0 unspecified atom stereocenters. The zero-order valence-corrected chi connectivity index (χ0v) is 31.2. The molecule has 0 atom stereocenters. The van der Waals surface area contributed by atoms with Crippen molar-refractivity contribution in [1.29, 1.82) is 0 Å². The molecule has 58 heavy (non-hydrogen) atoms. The van der Waals surface area contributed by atoms with Crippen molar-refractivity contribution < 1.29 is 13.3 Å². The van der Waals surface area contributed by atoms with E-state index in [0.717, 1.165) is 93.6 Å². The first-order valence-electron chi connectivity index (χ1n) is 19.8. The maximum absolute atomic E-state index is 7.48. The Morgan fingerprint density at radius 1 is 0.293 bits per heavy atom. The SMILES string of the molecule is c1ccc(C2(c3ccccc3)c3ccccc3-c3ccc(-c4ccc5oc6ccccc6c5c4)c4oc5c(-c6ccc7oc8ccccc8c7c6)ccc2c5c34)cc1. The van der Waals surface area contributed by atoms with Gasteiger partial charge in [0.15, 0.2) is 0 Å². The lowest BCUT2D eigenvalue weighted by Crippen LogP contribution is -2.31. The summed E-state index contributed by atoms with van der Waals surface area (Å²) < 4.78 is 20.0. The van der Waals surface area contributed by atoms with Crippen LogP contribution in [0.1, 0.15) is 22.3 Å². The summed E-state index contributed by atoms with van der Waals surface area (Å²) in [5, 5.41) is 6.63. The van der Waals surface area contributed by atoms with Crippen LogP contribution in [-0.4, -0.2) is 0 Å². The van der Waals surface area contributed by atoms with E-state index in [1.165, 1.54) is 27.8 Å². The Labute approximate surface area is 333 Å². The molecule has 12 aromatic rings. The maximum Gasteiger partial charge on any atom is 0.143 e. The lowest BCUT2D eigenvalue weighted by Gasteiger charge is -2.37. The van der Waals surface area contributed by atoms with Crippen molar-refractivity contribution in [3.05, 3.63) is 216 Å². The molecular weight excluding hydrogens is 709 g/mol. The van der Waals surface area contributed by atoms with E-state index in [4.69, 9.17) is 13.3 Å². The Morgan fingerprint density at radius 3 is 1.40 bits per heavy atom. The fourth-order valence-electron chi connectivity index (χ4n) is 10.1. The van der Waals surface area contributed by atoms with Crippen LogP contribution >= 0.6 is 0 Å². The van der Waals surface area contributed by atoms with Gasteiger partial charge in [-0.2, -0.15) is 0 Å². The van der Waals surface area contributed by atoms with Crippen LogP contribution < -0.4 is 0 Å². The first-order valence-corrected chi connectivity index (χ1v) is 19.8.